The lowest BCUT2D eigenvalue weighted by atomic mass is 9.99. The first-order chi connectivity index (χ1) is 19.1. The van der Waals surface area contributed by atoms with E-state index in [1.165, 1.54) is 0 Å². The molecule has 0 spiro atoms. The van der Waals surface area contributed by atoms with Crippen molar-refractivity contribution in [2.24, 2.45) is 0 Å². The molecule has 214 valence electrons. The first-order valence-electron chi connectivity index (χ1n) is 13.5. The summed E-state index contributed by atoms with van der Waals surface area (Å²) in [6.45, 7) is 7.69. The Morgan fingerprint density at radius 3 is 2.08 bits per heavy atom. The van der Waals surface area contributed by atoms with Crippen LogP contribution in [0.5, 0.6) is 17.2 Å². The third-order valence-corrected chi connectivity index (χ3v) is 7.25. The number of piperidine rings is 1. The van der Waals surface area contributed by atoms with Crippen LogP contribution in [-0.4, -0.2) is 57.1 Å². The van der Waals surface area contributed by atoms with Gasteiger partial charge < -0.3 is 28.7 Å². The number of nitrogens with zero attached hydrogens (tertiary/aromatic N) is 2. The number of carbonyl (C=O) groups is 1. The number of hydrogen-bond acceptors (Lipinski definition) is 6. The molecule has 0 aromatic heterocycles. The molecule has 1 aliphatic heterocycles. The van der Waals surface area contributed by atoms with E-state index in [9.17, 15) is 4.79 Å². The third-order valence-electron chi connectivity index (χ3n) is 6.99. The van der Waals surface area contributed by atoms with E-state index < -0.39 is 5.60 Å². The van der Waals surface area contributed by atoms with E-state index in [1.54, 1.807) is 21.3 Å². The van der Waals surface area contributed by atoms with Crippen molar-refractivity contribution >= 4 is 23.4 Å². The summed E-state index contributed by atoms with van der Waals surface area (Å²) in [5.41, 5.74) is 3.77. The standard InChI is InChI=1S/C32H39ClN2O5/c1-32(2,3)40-31(36)34-16-14-27(15-17-34)35(26-12-10-25(33)11-13-26)21-22-8-7-9-23(18-22)24-19-28(37-4)30(39-6)29(20-24)38-5/h7-13,18-20,27H,14-17,21H2,1-6H3. The van der Waals surface area contributed by atoms with Gasteiger partial charge in [-0.3, -0.25) is 0 Å². The molecule has 0 unspecified atom stereocenters. The molecular weight excluding hydrogens is 528 g/mol. The summed E-state index contributed by atoms with van der Waals surface area (Å²) in [6.07, 6.45) is 1.44. The minimum absolute atomic E-state index is 0.248. The van der Waals surface area contributed by atoms with Gasteiger partial charge in [0.25, 0.3) is 0 Å². The molecule has 3 aromatic rings. The molecule has 8 heteroatoms. The van der Waals surface area contributed by atoms with Crippen molar-refractivity contribution in [2.45, 2.75) is 51.8 Å². The van der Waals surface area contributed by atoms with E-state index in [0.717, 1.165) is 35.2 Å². The van der Waals surface area contributed by atoms with Crippen molar-refractivity contribution in [2.75, 3.05) is 39.3 Å². The van der Waals surface area contributed by atoms with E-state index in [-0.39, 0.29) is 12.1 Å². The molecule has 4 rings (SSSR count). The highest BCUT2D eigenvalue weighted by Gasteiger charge is 2.30. The van der Waals surface area contributed by atoms with Gasteiger partial charge in [0, 0.05) is 36.4 Å². The zero-order valence-electron chi connectivity index (χ0n) is 24.2. The first-order valence-corrected chi connectivity index (χ1v) is 13.9. The summed E-state index contributed by atoms with van der Waals surface area (Å²) in [5, 5.41) is 0.702. The lowest BCUT2D eigenvalue weighted by Gasteiger charge is -2.40. The molecule has 1 saturated heterocycles. The molecule has 0 bridgehead atoms. The van der Waals surface area contributed by atoms with E-state index in [4.69, 9.17) is 30.5 Å². The highest BCUT2D eigenvalue weighted by Crippen LogP contribution is 2.41. The first kappa shape index (κ1) is 29.4. The molecule has 3 aromatic carbocycles. The van der Waals surface area contributed by atoms with Crippen LogP contribution >= 0.6 is 11.6 Å². The zero-order valence-corrected chi connectivity index (χ0v) is 25.0. The van der Waals surface area contributed by atoms with Gasteiger partial charge in [-0.15, -0.1) is 0 Å². The molecule has 0 atom stereocenters. The summed E-state index contributed by atoms with van der Waals surface area (Å²) in [5.74, 6) is 1.79. The number of ether oxygens (including phenoxy) is 4. The lowest BCUT2D eigenvalue weighted by Crippen LogP contribution is -2.48. The van der Waals surface area contributed by atoms with Crippen LogP contribution in [0.1, 0.15) is 39.2 Å². The number of benzene rings is 3. The topological polar surface area (TPSA) is 60.5 Å². The van der Waals surface area contributed by atoms with Crippen LogP contribution in [0.3, 0.4) is 0 Å². The number of halogens is 1. The average Bonchev–Trinajstić information content (AvgIpc) is 2.95. The van der Waals surface area contributed by atoms with Crippen LogP contribution in [0.4, 0.5) is 10.5 Å². The van der Waals surface area contributed by atoms with Gasteiger partial charge in [-0.2, -0.15) is 0 Å². The minimum atomic E-state index is -0.508. The van der Waals surface area contributed by atoms with Gasteiger partial charge in [-0.05, 0) is 92.8 Å². The highest BCUT2D eigenvalue weighted by molar-refractivity contribution is 6.30. The Labute approximate surface area is 242 Å². The fourth-order valence-corrected chi connectivity index (χ4v) is 5.17. The van der Waals surface area contributed by atoms with Gasteiger partial charge in [0.2, 0.25) is 5.75 Å². The van der Waals surface area contributed by atoms with Crippen LogP contribution in [0.2, 0.25) is 5.02 Å². The second-order valence-electron chi connectivity index (χ2n) is 10.9. The molecule has 1 amide bonds. The van der Waals surface area contributed by atoms with Gasteiger partial charge in [0.05, 0.1) is 21.3 Å². The van der Waals surface area contributed by atoms with E-state index >= 15 is 0 Å². The average molecular weight is 567 g/mol. The number of hydrogen-bond donors (Lipinski definition) is 0. The molecule has 1 aliphatic rings. The van der Waals surface area contributed by atoms with Crippen molar-refractivity contribution in [3.8, 4) is 28.4 Å². The predicted octanol–water partition coefficient (Wildman–Crippen LogP) is 7.44. The summed E-state index contributed by atoms with van der Waals surface area (Å²) in [7, 11) is 4.84. The quantitative estimate of drug-likeness (QED) is 0.282. The van der Waals surface area contributed by atoms with Gasteiger partial charge >= 0.3 is 6.09 Å². The largest absolute Gasteiger partial charge is 0.493 e. The molecule has 0 N–H and O–H groups in total. The van der Waals surface area contributed by atoms with Crippen LogP contribution in [-0.2, 0) is 11.3 Å². The van der Waals surface area contributed by atoms with Crippen molar-refractivity contribution in [1.82, 2.24) is 4.90 Å². The van der Waals surface area contributed by atoms with Crippen molar-refractivity contribution < 1.29 is 23.7 Å². The fourth-order valence-electron chi connectivity index (χ4n) is 5.04. The van der Waals surface area contributed by atoms with E-state index in [0.29, 0.717) is 41.9 Å². The number of methoxy groups -OCH3 is 3. The van der Waals surface area contributed by atoms with Crippen LogP contribution in [0.15, 0.2) is 60.7 Å². The van der Waals surface area contributed by atoms with Gasteiger partial charge in [-0.1, -0.05) is 29.8 Å². The predicted molar refractivity (Wildman–Crippen MR) is 160 cm³/mol. The fraction of sp³-hybridized carbons (Fsp3) is 0.406. The Kier molecular flexibility index (Phi) is 9.36. The van der Waals surface area contributed by atoms with E-state index in [1.807, 2.05) is 49.9 Å². The van der Waals surface area contributed by atoms with Crippen molar-refractivity contribution in [1.29, 1.82) is 0 Å². The summed E-state index contributed by atoms with van der Waals surface area (Å²) < 4.78 is 22.2. The number of anilines is 1. The Balaban J connectivity index is 1.59. The minimum Gasteiger partial charge on any atom is -0.493 e. The normalized spacial score (nSPS) is 14.0. The van der Waals surface area contributed by atoms with Crippen LogP contribution in [0.25, 0.3) is 11.1 Å². The number of rotatable bonds is 8. The van der Waals surface area contributed by atoms with Crippen LogP contribution in [0, 0.1) is 0 Å². The zero-order chi connectivity index (χ0) is 28.9. The van der Waals surface area contributed by atoms with Crippen molar-refractivity contribution in [3.63, 3.8) is 0 Å². The second-order valence-corrected chi connectivity index (χ2v) is 11.4. The summed E-state index contributed by atoms with van der Waals surface area (Å²) in [4.78, 5) is 16.9. The Morgan fingerprint density at radius 1 is 0.900 bits per heavy atom. The molecule has 40 heavy (non-hydrogen) atoms. The molecule has 7 nitrogen and oxygen atoms in total. The maximum atomic E-state index is 12.6. The highest BCUT2D eigenvalue weighted by atomic mass is 35.5. The van der Waals surface area contributed by atoms with Gasteiger partial charge in [-0.25, -0.2) is 4.79 Å². The molecule has 1 fully saturated rings. The maximum absolute atomic E-state index is 12.6. The SMILES string of the molecule is COc1cc(-c2cccc(CN(c3ccc(Cl)cc3)C3CCN(C(=O)OC(C)(C)C)CC3)c2)cc(OC)c1OC. The Morgan fingerprint density at radius 2 is 1.52 bits per heavy atom. The molecule has 0 radical (unpaired) electrons. The number of amides is 1. The molecular formula is C32H39ClN2O5. The maximum Gasteiger partial charge on any atom is 0.410 e. The molecule has 0 saturated carbocycles. The molecule has 1 heterocycles. The smallest absolute Gasteiger partial charge is 0.410 e. The lowest BCUT2D eigenvalue weighted by molar-refractivity contribution is 0.0204. The van der Waals surface area contributed by atoms with Crippen molar-refractivity contribution in [3.05, 3.63) is 71.2 Å². The molecule has 0 aliphatic carbocycles. The summed E-state index contributed by atoms with van der Waals surface area (Å²) >= 11 is 6.22. The number of likely N-dealkylation sites (tertiary alicyclic amines) is 1. The second kappa shape index (κ2) is 12.7. The summed E-state index contributed by atoms with van der Waals surface area (Å²) in [6, 6.07) is 20.6. The van der Waals surface area contributed by atoms with E-state index in [2.05, 4.69) is 41.3 Å². The van der Waals surface area contributed by atoms with Crippen LogP contribution < -0.4 is 19.1 Å². The monoisotopic (exact) mass is 566 g/mol. The third kappa shape index (κ3) is 7.13. The number of carbonyl (C=O) groups excluding carboxylic acids is 1. The van der Waals surface area contributed by atoms with Gasteiger partial charge in [0.1, 0.15) is 5.60 Å². The Bertz CT molecular complexity index is 1270. The Hall–Kier alpha value is -3.58. The van der Waals surface area contributed by atoms with Gasteiger partial charge in [0.15, 0.2) is 11.5 Å².